The molecule has 27 heavy (non-hydrogen) atoms. The predicted octanol–water partition coefficient (Wildman–Crippen LogP) is 5.73. The number of hydrogen-bond acceptors (Lipinski definition) is 3. The Labute approximate surface area is 155 Å². The summed E-state index contributed by atoms with van der Waals surface area (Å²) < 4.78 is 11.7. The molecule has 0 amide bonds. The molecule has 5 rings (SSSR count). The van der Waals surface area contributed by atoms with E-state index < -0.39 is 0 Å². The molecule has 1 aliphatic heterocycles. The highest BCUT2D eigenvalue weighted by molar-refractivity contribution is 6.16. The van der Waals surface area contributed by atoms with Crippen LogP contribution in [0.25, 0.3) is 44.2 Å². The molecule has 3 nitrogen and oxygen atoms in total. The first kappa shape index (κ1) is 15.6. The fourth-order valence-corrected chi connectivity index (χ4v) is 3.78. The third kappa shape index (κ3) is 2.40. The molecule has 0 fully saturated rings. The maximum atomic E-state index is 11.9. The summed E-state index contributed by atoms with van der Waals surface area (Å²) in [5.41, 5.74) is 3.74. The zero-order valence-electron chi connectivity index (χ0n) is 14.7. The lowest BCUT2D eigenvalue weighted by Gasteiger charge is -2.17. The van der Waals surface area contributed by atoms with Crippen molar-refractivity contribution in [2.75, 3.05) is 7.11 Å². The van der Waals surface area contributed by atoms with Crippen molar-refractivity contribution < 1.29 is 9.15 Å². The smallest absolute Gasteiger partial charge is 0.182 e. The van der Waals surface area contributed by atoms with Crippen LogP contribution in [-0.4, -0.2) is 7.11 Å². The van der Waals surface area contributed by atoms with Crippen LogP contribution in [0, 0.1) is 0 Å². The second kappa shape index (κ2) is 5.99. The number of ether oxygens (including phenoxy) is 1. The van der Waals surface area contributed by atoms with Gasteiger partial charge in [-0.3, -0.25) is 4.79 Å². The third-order valence-corrected chi connectivity index (χ3v) is 4.96. The van der Waals surface area contributed by atoms with E-state index in [-0.39, 0.29) is 5.43 Å². The Morgan fingerprint density at radius 1 is 0.815 bits per heavy atom. The average Bonchev–Trinajstić information content (AvgIpc) is 2.71. The van der Waals surface area contributed by atoms with Crippen LogP contribution in [0.2, 0.25) is 0 Å². The SMILES string of the molecule is COc1cccc2c1ccc1oc3cc(=O)ccc-3c(-c3ccccc3)c12. The molecule has 3 aromatic rings. The van der Waals surface area contributed by atoms with E-state index in [1.54, 1.807) is 19.2 Å². The minimum Gasteiger partial charge on any atom is -0.496 e. The Morgan fingerprint density at radius 2 is 1.67 bits per heavy atom. The van der Waals surface area contributed by atoms with Crippen molar-refractivity contribution in [2.45, 2.75) is 0 Å². The van der Waals surface area contributed by atoms with Gasteiger partial charge in [-0.15, -0.1) is 0 Å². The maximum absolute atomic E-state index is 11.9. The summed E-state index contributed by atoms with van der Waals surface area (Å²) in [6, 6.07) is 25.2. The molecule has 0 bridgehead atoms. The molecule has 0 saturated carbocycles. The second-order valence-corrected chi connectivity index (χ2v) is 6.50. The Morgan fingerprint density at radius 3 is 2.48 bits per heavy atom. The van der Waals surface area contributed by atoms with Gasteiger partial charge in [0.25, 0.3) is 0 Å². The summed E-state index contributed by atoms with van der Waals surface area (Å²) in [6.45, 7) is 0. The van der Waals surface area contributed by atoms with Crippen LogP contribution in [-0.2, 0) is 0 Å². The minimum absolute atomic E-state index is 0.0629. The normalized spacial score (nSPS) is 11.3. The van der Waals surface area contributed by atoms with Crippen molar-refractivity contribution in [3.8, 4) is 28.2 Å². The van der Waals surface area contributed by atoms with Crippen LogP contribution in [0.5, 0.6) is 5.75 Å². The van der Waals surface area contributed by atoms with Gasteiger partial charge in [0.1, 0.15) is 17.1 Å². The number of hydrogen-bond donors (Lipinski definition) is 0. The third-order valence-electron chi connectivity index (χ3n) is 4.96. The van der Waals surface area contributed by atoms with Crippen molar-refractivity contribution in [1.82, 2.24) is 0 Å². The fourth-order valence-electron chi connectivity index (χ4n) is 3.78. The summed E-state index contributed by atoms with van der Waals surface area (Å²) in [4.78, 5) is 11.9. The Hall–Kier alpha value is -3.59. The van der Waals surface area contributed by atoms with Gasteiger partial charge in [-0.25, -0.2) is 0 Å². The molecule has 0 atom stereocenters. The molecule has 3 heteroatoms. The first-order valence-electron chi connectivity index (χ1n) is 8.78. The highest BCUT2D eigenvalue weighted by Crippen LogP contribution is 2.43. The lowest BCUT2D eigenvalue weighted by Crippen LogP contribution is -2.00. The van der Waals surface area contributed by atoms with Gasteiger partial charge in [0.2, 0.25) is 0 Å². The zero-order valence-corrected chi connectivity index (χ0v) is 14.7. The quantitative estimate of drug-likeness (QED) is 0.301. The molecule has 1 heterocycles. The lowest BCUT2D eigenvalue weighted by atomic mass is 9.91. The van der Waals surface area contributed by atoms with Crippen LogP contribution in [0.15, 0.2) is 88.1 Å². The fraction of sp³-hybridized carbons (Fsp3) is 0.0417. The van der Waals surface area contributed by atoms with Crippen LogP contribution in [0.4, 0.5) is 0 Å². The molecular weight excluding hydrogens is 336 g/mol. The Bertz CT molecular complexity index is 1320. The largest absolute Gasteiger partial charge is 0.496 e. The standard InChI is InChI=1S/C24H16O3/c1-26-20-9-5-8-18-17(20)12-13-21-24(18)23(15-6-3-2-4-7-15)19-11-10-16(25)14-22(19)27-21/h2-14H,1H3. The van der Waals surface area contributed by atoms with Crippen LogP contribution in [0.1, 0.15) is 0 Å². The van der Waals surface area contributed by atoms with E-state index in [0.717, 1.165) is 44.2 Å². The van der Waals surface area contributed by atoms with Crippen molar-refractivity contribution in [1.29, 1.82) is 0 Å². The molecule has 3 aromatic carbocycles. The van der Waals surface area contributed by atoms with E-state index in [9.17, 15) is 4.79 Å². The van der Waals surface area contributed by atoms with Crippen LogP contribution in [0.3, 0.4) is 0 Å². The van der Waals surface area contributed by atoms with E-state index in [0.29, 0.717) is 5.76 Å². The molecule has 0 radical (unpaired) electrons. The van der Waals surface area contributed by atoms with Crippen molar-refractivity contribution >= 4 is 21.7 Å². The molecule has 0 unspecified atom stereocenters. The van der Waals surface area contributed by atoms with E-state index in [1.165, 1.54) is 0 Å². The zero-order chi connectivity index (χ0) is 18.4. The van der Waals surface area contributed by atoms with Gasteiger partial charge in [-0.2, -0.15) is 0 Å². The molecule has 0 spiro atoms. The Balaban J connectivity index is 2.06. The monoisotopic (exact) mass is 352 g/mol. The van der Waals surface area contributed by atoms with E-state index in [4.69, 9.17) is 9.15 Å². The van der Waals surface area contributed by atoms with E-state index in [1.807, 2.05) is 48.5 Å². The summed E-state index contributed by atoms with van der Waals surface area (Å²) in [6.07, 6.45) is 0. The topological polar surface area (TPSA) is 39.4 Å². The number of fused-ring (bicyclic) bond motifs is 4. The maximum Gasteiger partial charge on any atom is 0.182 e. The Kier molecular flexibility index (Phi) is 3.47. The lowest BCUT2D eigenvalue weighted by molar-refractivity contribution is 0.420. The molecule has 2 aliphatic rings. The summed E-state index contributed by atoms with van der Waals surface area (Å²) in [5, 5.41) is 3.10. The predicted molar refractivity (Wildman–Crippen MR) is 109 cm³/mol. The van der Waals surface area contributed by atoms with Crippen molar-refractivity contribution in [3.63, 3.8) is 0 Å². The first-order chi connectivity index (χ1) is 13.3. The highest BCUT2D eigenvalue weighted by Gasteiger charge is 2.19. The van der Waals surface area contributed by atoms with E-state index in [2.05, 4.69) is 18.2 Å². The van der Waals surface area contributed by atoms with Gasteiger partial charge >= 0.3 is 0 Å². The van der Waals surface area contributed by atoms with Crippen molar-refractivity contribution in [3.05, 3.63) is 89.1 Å². The van der Waals surface area contributed by atoms with Crippen LogP contribution >= 0.6 is 0 Å². The molecule has 130 valence electrons. The van der Waals surface area contributed by atoms with Gasteiger partial charge in [-0.05, 0) is 41.3 Å². The van der Waals surface area contributed by atoms with Gasteiger partial charge < -0.3 is 9.15 Å². The van der Waals surface area contributed by atoms with Gasteiger partial charge in [0, 0.05) is 28.0 Å². The second-order valence-electron chi connectivity index (χ2n) is 6.50. The molecule has 1 aliphatic carbocycles. The van der Waals surface area contributed by atoms with Gasteiger partial charge in [0.15, 0.2) is 5.43 Å². The highest BCUT2D eigenvalue weighted by atomic mass is 16.5. The number of methoxy groups -OCH3 is 1. The van der Waals surface area contributed by atoms with E-state index >= 15 is 0 Å². The molecule has 0 N–H and O–H groups in total. The summed E-state index contributed by atoms with van der Waals surface area (Å²) in [5.74, 6) is 1.42. The number of rotatable bonds is 2. The number of benzene rings is 4. The summed E-state index contributed by atoms with van der Waals surface area (Å²) >= 11 is 0. The van der Waals surface area contributed by atoms with Crippen molar-refractivity contribution in [2.24, 2.45) is 0 Å². The molecular formula is C24H16O3. The minimum atomic E-state index is -0.0629. The van der Waals surface area contributed by atoms with Gasteiger partial charge in [-0.1, -0.05) is 42.5 Å². The summed E-state index contributed by atoms with van der Waals surface area (Å²) in [7, 11) is 1.68. The molecule has 0 aromatic heterocycles. The first-order valence-corrected chi connectivity index (χ1v) is 8.78. The van der Waals surface area contributed by atoms with Gasteiger partial charge in [0.05, 0.1) is 7.11 Å². The van der Waals surface area contributed by atoms with Crippen LogP contribution < -0.4 is 10.2 Å². The molecule has 0 saturated heterocycles. The average molecular weight is 352 g/mol.